The van der Waals surface area contributed by atoms with Gasteiger partial charge in [-0.05, 0) is 47.0 Å². The summed E-state index contributed by atoms with van der Waals surface area (Å²) in [7, 11) is 0. The third-order valence-corrected chi connectivity index (χ3v) is 5.88. The van der Waals surface area contributed by atoms with Crippen molar-refractivity contribution in [2.45, 2.75) is 12.3 Å². The van der Waals surface area contributed by atoms with E-state index in [1.54, 1.807) is 6.07 Å². The van der Waals surface area contributed by atoms with Crippen molar-refractivity contribution in [2.75, 3.05) is 11.1 Å². The summed E-state index contributed by atoms with van der Waals surface area (Å²) in [5.41, 5.74) is 11.3. The molecule has 29 heavy (non-hydrogen) atoms. The SMILES string of the molecule is N#Cc1cscc1-c1ccc(NC(=O)[C@@H]2C[C@@H]2c2cccc(N)c2C=NO)cc1. The maximum Gasteiger partial charge on any atom is 0.228 e. The van der Waals surface area contributed by atoms with Crippen molar-refractivity contribution < 1.29 is 10.0 Å². The van der Waals surface area contributed by atoms with Crippen molar-refractivity contribution in [1.29, 1.82) is 5.26 Å². The van der Waals surface area contributed by atoms with Crippen LogP contribution in [-0.4, -0.2) is 17.3 Å². The molecule has 1 aromatic heterocycles. The smallest absolute Gasteiger partial charge is 0.228 e. The number of benzene rings is 2. The van der Waals surface area contributed by atoms with Crippen molar-refractivity contribution in [3.05, 3.63) is 69.9 Å². The summed E-state index contributed by atoms with van der Waals surface area (Å²) < 4.78 is 0. The Morgan fingerprint density at radius 2 is 2.07 bits per heavy atom. The molecule has 0 spiro atoms. The summed E-state index contributed by atoms with van der Waals surface area (Å²) in [4.78, 5) is 12.7. The van der Waals surface area contributed by atoms with E-state index in [0.717, 1.165) is 23.1 Å². The van der Waals surface area contributed by atoms with Gasteiger partial charge in [-0.2, -0.15) is 16.6 Å². The lowest BCUT2D eigenvalue weighted by atomic mass is 10.0. The molecule has 1 saturated carbocycles. The Balaban J connectivity index is 1.45. The Morgan fingerprint density at radius 3 is 2.79 bits per heavy atom. The second-order valence-corrected chi connectivity index (χ2v) is 7.66. The molecule has 4 N–H and O–H groups in total. The van der Waals surface area contributed by atoms with Crippen LogP contribution in [0.5, 0.6) is 0 Å². The first-order valence-corrected chi connectivity index (χ1v) is 10.00. The van der Waals surface area contributed by atoms with Crippen LogP contribution in [0.2, 0.25) is 0 Å². The number of carbonyl (C=O) groups excluding carboxylic acids is 1. The van der Waals surface area contributed by atoms with E-state index in [-0.39, 0.29) is 17.7 Å². The number of carbonyl (C=O) groups is 1. The number of nitrogens with zero attached hydrogens (tertiary/aromatic N) is 2. The molecule has 0 aliphatic heterocycles. The summed E-state index contributed by atoms with van der Waals surface area (Å²) in [6, 6.07) is 15.2. The maximum atomic E-state index is 12.7. The number of hydrogen-bond acceptors (Lipinski definition) is 6. The number of nitrogens with two attached hydrogens (primary N) is 1. The lowest BCUT2D eigenvalue weighted by Gasteiger charge is -2.09. The van der Waals surface area contributed by atoms with Crippen LogP contribution in [0, 0.1) is 17.2 Å². The molecule has 4 rings (SSSR count). The topological polar surface area (TPSA) is 112 Å². The first-order chi connectivity index (χ1) is 14.1. The average Bonchev–Trinajstić information content (AvgIpc) is 3.39. The van der Waals surface area contributed by atoms with Crippen LogP contribution in [0.15, 0.2) is 58.4 Å². The molecular weight excluding hydrogens is 384 g/mol. The Kier molecular flexibility index (Phi) is 5.02. The van der Waals surface area contributed by atoms with Crippen molar-refractivity contribution in [3.63, 3.8) is 0 Å². The Labute approximate surface area is 171 Å². The number of nitriles is 1. The van der Waals surface area contributed by atoms with Crippen LogP contribution in [0.25, 0.3) is 11.1 Å². The number of thiophene rings is 1. The minimum atomic E-state index is -0.149. The monoisotopic (exact) mass is 402 g/mol. The standard InChI is InChI=1S/C22H18N4O2S/c23-9-14-11-29-12-20(14)13-4-6-15(7-5-13)26-22(27)18-8-17(18)16-2-1-3-21(24)19(16)10-25-28/h1-7,10-12,17-18,28H,8,24H2,(H,26,27)/t17-,18-/m1/s1. The molecule has 6 nitrogen and oxygen atoms in total. The maximum absolute atomic E-state index is 12.7. The first kappa shape index (κ1) is 18.7. The number of oxime groups is 1. The van der Waals surface area contributed by atoms with Gasteiger partial charge < -0.3 is 16.3 Å². The predicted octanol–water partition coefficient (Wildman–Crippen LogP) is 4.42. The highest BCUT2D eigenvalue weighted by Gasteiger charge is 2.45. The van der Waals surface area contributed by atoms with E-state index in [9.17, 15) is 4.79 Å². The van der Waals surface area contributed by atoms with Crippen molar-refractivity contribution in [3.8, 4) is 17.2 Å². The second-order valence-electron chi connectivity index (χ2n) is 6.92. The van der Waals surface area contributed by atoms with Crippen molar-refractivity contribution in [1.82, 2.24) is 0 Å². The lowest BCUT2D eigenvalue weighted by Crippen LogP contribution is -2.14. The van der Waals surface area contributed by atoms with Crippen molar-refractivity contribution in [2.24, 2.45) is 11.1 Å². The van der Waals surface area contributed by atoms with Gasteiger partial charge in [-0.3, -0.25) is 4.79 Å². The van der Waals surface area contributed by atoms with E-state index < -0.39 is 0 Å². The zero-order valence-corrected chi connectivity index (χ0v) is 16.2. The Hall–Kier alpha value is -3.63. The van der Waals surface area contributed by atoms with Gasteiger partial charge in [0, 0.05) is 33.8 Å². The summed E-state index contributed by atoms with van der Waals surface area (Å²) in [5, 5.41) is 27.9. The fraction of sp³-hybridized carbons (Fsp3) is 0.136. The zero-order chi connectivity index (χ0) is 20.4. The van der Waals surface area contributed by atoms with Gasteiger partial charge in [0.2, 0.25) is 5.91 Å². The molecule has 0 unspecified atom stereocenters. The molecule has 1 heterocycles. The van der Waals surface area contributed by atoms with E-state index in [2.05, 4.69) is 16.5 Å². The molecule has 2 atom stereocenters. The van der Waals surface area contributed by atoms with Gasteiger partial charge in [-0.1, -0.05) is 29.4 Å². The quantitative estimate of drug-likeness (QED) is 0.254. The van der Waals surface area contributed by atoms with Gasteiger partial charge in [-0.15, -0.1) is 0 Å². The minimum Gasteiger partial charge on any atom is -0.411 e. The van der Waals surface area contributed by atoms with Gasteiger partial charge >= 0.3 is 0 Å². The number of amides is 1. The van der Waals surface area contributed by atoms with Gasteiger partial charge in [0.15, 0.2) is 0 Å². The van der Waals surface area contributed by atoms with Crippen LogP contribution < -0.4 is 11.1 Å². The van der Waals surface area contributed by atoms with E-state index in [1.165, 1.54) is 17.6 Å². The minimum absolute atomic E-state index is 0.0506. The number of rotatable bonds is 5. The van der Waals surface area contributed by atoms with E-state index >= 15 is 0 Å². The molecule has 0 bridgehead atoms. The molecule has 7 heteroatoms. The number of nitrogen functional groups attached to an aromatic ring is 1. The van der Waals surface area contributed by atoms with Crippen LogP contribution >= 0.6 is 11.3 Å². The van der Waals surface area contributed by atoms with Gasteiger partial charge in [0.05, 0.1) is 11.8 Å². The van der Waals surface area contributed by atoms with E-state index in [4.69, 9.17) is 16.2 Å². The van der Waals surface area contributed by atoms with Crippen molar-refractivity contribution >= 4 is 34.8 Å². The average molecular weight is 402 g/mol. The molecule has 0 radical (unpaired) electrons. The third-order valence-electron chi connectivity index (χ3n) is 5.13. The van der Waals surface area contributed by atoms with Gasteiger partial charge in [-0.25, -0.2) is 0 Å². The summed E-state index contributed by atoms with van der Waals surface area (Å²) in [6.07, 6.45) is 2.04. The molecule has 2 aromatic carbocycles. The molecule has 3 aromatic rings. The van der Waals surface area contributed by atoms with Crippen LogP contribution in [-0.2, 0) is 4.79 Å². The largest absolute Gasteiger partial charge is 0.411 e. The Morgan fingerprint density at radius 1 is 1.28 bits per heavy atom. The molecular formula is C22H18N4O2S. The molecule has 144 valence electrons. The highest BCUT2D eigenvalue weighted by Crippen LogP contribution is 2.49. The first-order valence-electron chi connectivity index (χ1n) is 9.05. The molecule has 1 amide bonds. The molecule has 0 saturated heterocycles. The number of hydrogen-bond donors (Lipinski definition) is 3. The van der Waals surface area contributed by atoms with E-state index in [0.29, 0.717) is 22.5 Å². The highest BCUT2D eigenvalue weighted by atomic mass is 32.1. The summed E-state index contributed by atoms with van der Waals surface area (Å²) >= 11 is 1.49. The molecule has 1 aliphatic rings. The normalized spacial score (nSPS) is 17.8. The summed E-state index contributed by atoms with van der Waals surface area (Å²) in [6.45, 7) is 0. The number of anilines is 2. The van der Waals surface area contributed by atoms with Crippen LogP contribution in [0.3, 0.4) is 0 Å². The third kappa shape index (κ3) is 3.71. The van der Waals surface area contributed by atoms with Crippen LogP contribution in [0.4, 0.5) is 11.4 Å². The zero-order valence-electron chi connectivity index (χ0n) is 15.4. The fourth-order valence-electron chi connectivity index (χ4n) is 3.54. The lowest BCUT2D eigenvalue weighted by molar-refractivity contribution is -0.117. The Bertz CT molecular complexity index is 1130. The number of nitrogens with one attached hydrogen (secondary N) is 1. The van der Waals surface area contributed by atoms with E-state index in [1.807, 2.05) is 47.2 Å². The second kappa shape index (κ2) is 7.78. The molecule has 1 aliphatic carbocycles. The summed E-state index contributed by atoms with van der Waals surface area (Å²) in [5.74, 6) is -0.149. The van der Waals surface area contributed by atoms with Crippen LogP contribution in [0.1, 0.15) is 29.0 Å². The fourth-order valence-corrected chi connectivity index (χ4v) is 4.32. The highest BCUT2D eigenvalue weighted by molar-refractivity contribution is 7.08. The predicted molar refractivity (Wildman–Crippen MR) is 114 cm³/mol. The molecule has 1 fully saturated rings. The van der Waals surface area contributed by atoms with Gasteiger partial charge in [0.1, 0.15) is 6.07 Å². The van der Waals surface area contributed by atoms with Gasteiger partial charge in [0.25, 0.3) is 0 Å².